The van der Waals surface area contributed by atoms with Crippen molar-refractivity contribution in [1.82, 2.24) is 0 Å². The van der Waals surface area contributed by atoms with Gasteiger partial charge in [0.05, 0.1) is 16.3 Å². The maximum Gasteiger partial charge on any atom is 0.411 e. The topological polar surface area (TPSA) is 55.4 Å². The van der Waals surface area contributed by atoms with Crippen LogP contribution in [0.25, 0.3) is 0 Å². The summed E-state index contributed by atoms with van der Waals surface area (Å²) in [5.41, 5.74) is 0.0347. The molecule has 8 heteroatoms. The first-order valence-electron chi connectivity index (χ1n) is 4.62. The number of hydrogen-bond donors (Lipinski definition) is 1. The number of anilines is 1. The molecule has 1 N–H and O–H groups in total. The van der Waals surface area contributed by atoms with E-state index in [1.54, 1.807) is 0 Å². The van der Waals surface area contributed by atoms with E-state index in [0.717, 1.165) is 0 Å². The molecule has 1 aromatic rings. The Morgan fingerprint density at radius 3 is 2.61 bits per heavy atom. The van der Waals surface area contributed by atoms with E-state index in [-0.39, 0.29) is 16.3 Å². The number of hydrogen-bond acceptors (Lipinski definition) is 3. The molecule has 0 atom stereocenters. The number of amides is 1. The number of ether oxygens (including phenoxy) is 1. The van der Waals surface area contributed by atoms with Crippen LogP contribution in [0.15, 0.2) is 18.2 Å². The van der Waals surface area contributed by atoms with Crippen molar-refractivity contribution in [3.05, 3.63) is 28.8 Å². The first kappa shape index (κ1) is 14.7. The fourth-order valence-electron chi connectivity index (χ4n) is 1.07. The van der Waals surface area contributed by atoms with Crippen molar-refractivity contribution in [3.8, 4) is 0 Å². The molecule has 0 heterocycles. The van der Waals surface area contributed by atoms with Crippen molar-refractivity contribution >= 4 is 40.2 Å². The number of carbonyl (C=O) groups excluding carboxylic acids is 2. The lowest BCUT2D eigenvalue weighted by molar-refractivity contribution is 0.0548. The van der Waals surface area contributed by atoms with Crippen LogP contribution < -0.4 is 5.32 Å². The lowest BCUT2D eigenvalue weighted by Crippen LogP contribution is -2.18. The van der Waals surface area contributed by atoms with Crippen molar-refractivity contribution in [3.63, 3.8) is 0 Å². The van der Waals surface area contributed by atoms with Crippen LogP contribution >= 0.6 is 23.2 Å². The molecule has 18 heavy (non-hydrogen) atoms. The van der Waals surface area contributed by atoms with Crippen LogP contribution in [0.5, 0.6) is 0 Å². The normalized spacial score (nSPS) is 10.3. The summed E-state index contributed by atoms with van der Waals surface area (Å²) in [5, 5.41) is 1.23. The van der Waals surface area contributed by atoms with Crippen molar-refractivity contribution in [1.29, 1.82) is 0 Å². The van der Waals surface area contributed by atoms with Crippen LogP contribution in [0.3, 0.4) is 0 Å². The van der Waals surface area contributed by atoms with E-state index in [2.05, 4.69) is 10.1 Å². The van der Waals surface area contributed by atoms with Crippen LogP contribution in [0.2, 0.25) is 5.02 Å². The Labute approximate surface area is 111 Å². The maximum absolute atomic E-state index is 11.8. The highest BCUT2D eigenvalue weighted by molar-refractivity contribution is 6.69. The molecule has 98 valence electrons. The van der Waals surface area contributed by atoms with Crippen molar-refractivity contribution < 1.29 is 23.1 Å². The molecule has 0 spiro atoms. The second-order valence-corrected chi connectivity index (χ2v) is 3.78. The molecule has 0 aliphatic heterocycles. The van der Waals surface area contributed by atoms with Crippen molar-refractivity contribution in [2.45, 2.75) is 6.43 Å². The Morgan fingerprint density at radius 1 is 1.39 bits per heavy atom. The molecular weight excluding hydrogens is 291 g/mol. The maximum atomic E-state index is 11.8. The number of rotatable bonds is 4. The van der Waals surface area contributed by atoms with Gasteiger partial charge in [-0.1, -0.05) is 17.7 Å². The smallest absolute Gasteiger partial charge is 0.411 e. The fourth-order valence-corrected chi connectivity index (χ4v) is 1.53. The number of alkyl halides is 2. The average molecular weight is 298 g/mol. The van der Waals surface area contributed by atoms with Crippen molar-refractivity contribution in [2.75, 3.05) is 11.9 Å². The van der Waals surface area contributed by atoms with E-state index in [1.165, 1.54) is 18.2 Å². The third-order valence-corrected chi connectivity index (χ3v) is 2.40. The lowest BCUT2D eigenvalue weighted by atomic mass is 10.2. The Morgan fingerprint density at radius 2 is 2.06 bits per heavy atom. The molecule has 0 radical (unpaired) electrons. The molecule has 0 bridgehead atoms. The van der Waals surface area contributed by atoms with Gasteiger partial charge in [0.15, 0.2) is 6.61 Å². The summed E-state index contributed by atoms with van der Waals surface area (Å²) in [5.74, 6) is 0. The van der Waals surface area contributed by atoms with Gasteiger partial charge in [-0.2, -0.15) is 0 Å². The monoisotopic (exact) mass is 297 g/mol. The molecule has 0 fully saturated rings. The molecule has 4 nitrogen and oxygen atoms in total. The number of halogens is 4. The molecular formula is C10H7Cl2F2NO3. The molecule has 0 aliphatic carbocycles. The Bertz CT molecular complexity index is 468. The highest BCUT2D eigenvalue weighted by atomic mass is 35.5. The third kappa shape index (κ3) is 4.12. The van der Waals surface area contributed by atoms with Crippen LogP contribution in [-0.4, -0.2) is 24.4 Å². The minimum absolute atomic E-state index is 0.00927. The van der Waals surface area contributed by atoms with Crippen LogP contribution in [0.4, 0.5) is 19.3 Å². The summed E-state index contributed by atoms with van der Waals surface area (Å²) in [6.07, 6.45) is -3.86. The van der Waals surface area contributed by atoms with E-state index in [0.29, 0.717) is 0 Å². The first-order chi connectivity index (χ1) is 8.41. The van der Waals surface area contributed by atoms with Gasteiger partial charge < -0.3 is 4.74 Å². The second-order valence-electron chi connectivity index (χ2n) is 3.06. The van der Waals surface area contributed by atoms with Gasteiger partial charge in [-0.05, 0) is 23.7 Å². The number of benzene rings is 1. The minimum atomic E-state index is -2.76. The lowest BCUT2D eigenvalue weighted by Gasteiger charge is -2.09. The van der Waals surface area contributed by atoms with Crippen LogP contribution in [0, 0.1) is 0 Å². The zero-order valence-electron chi connectivity index (χ0n) is 8.75. The fraction of sp³-hybridized carbons (Fsp3) is 0.200. The third-order valence-electron chi connectivity index (χ3n) is 1.79. The number of carbonyl (C=O) groups is 2. The van der Waals surface area contributed by atoms with E-state index in [9.17, 15) is 18.4 Å². The van der Waals surface area contributed by atoms with Gasteiger partial charge in [0, 0.05) is 0 Å². The first-order valence-corrected chi connectivity index (χ1v) is 5.37. The summed E-state index contributed by atoms with van der Waals surface area (Å²) in [6.45, 7) is -1.03. The molecule has 0 aromatic heterocycles. The summed E-state index contributed by atoms with van der Waals surface area (Å²) in [6, 6.07) is 4.15. The largest absolute Gasteiger partial charge is 0.443 e. The van der Waals surface area contributed by atoms with E-state index in [1.807, 2.05) is 0 Å². The second kappa shape index (κ2) is 6.51. The van der Waals surface area contributed by atoms with Crippen molar-refractivity contribution in [2.24, 2.45) is 0 Å². The Balaban J connectivity index is 2.76. The SMILES string of the molecule is O=C(Nc1cccc(C(=O)Cl)c1Cl)OCC(F)F. The van der Waals surface area contributed by atoms with Gasteiger partial charge in [-0.3, -0.25) is 10.1 Å². The van der Waals surface area contributed by atoms with Gasteiger partial charge in [0.25, 0.3) is 11.7 Å². The summed E-state index contributed by atoms with van der Waals surface area (Å²) >= 11 is 11.0. The molecule has 0 saturated heterocycles. The standard InChI is InChI=1S/C10H7Cl2F2NO3/c11-8-5(9(12)16)2-1-3-6(8)15-10(17)18-4-7(13)14/h1-3,7H,4H2,(H,15,17). The van der Waals surface area contributed by atoms with Crippen LogP contribution in [-0.2, 0) is 4.74 Å². The van der Waals surface area contributed by atoms with Gasteiger partial charge in [-0.25, -0.2) is 13.6 Å². The highest BCUT2D eigenvalue weighted by Crippen LogP contribution is 2.27. The zero-order valence-corrected chi connectivity index (χ0v) is 10.3. The predicted octanol–water partition coefficient (Wildman–Crippen LogP) is 3.53. The Hall–Kier alpha value is -1.40. The minimum Gasteiger partial charge on any atom is -0.443 e. The number of nitrogens with one attached hydrogen (secondary N) is 1. The molecule has 1 amide bonds. The van der Waals surface area contributed by atoms with E-state index < -0.39 is 24.4 Å². The van der Waals surface area contributed by atoms with E-state index in [4.69, 9.17) is 23.2 Å². The molecule has 0 unspecified atom stereocenters. The molecule has 0 aliphatic rings. The molecule has 0 saturated carbocycles. The Kier molecular flexibility index (Phi) is 5.30. The zero-order chi connectivity index (χ0) is 13.7. The summed E-state index contributed by atoms with van der Waals surface area (Å²) < 4.78 is 27.8. The van der Waals surface area contributed by atoms with Gasteiger partial charge in [-0.15, -0.1) is 0 Å². The van der Waals surface area contributed by atoms with Gasteiger partial charge in [0.1, 0.15) is 0 Å². The molecule has 1 aromatic carbocycles. The average Bonchev–Trinajstić information content (AvgIpc) is 2.29. The summed E-state index contributed by atoms with van der Waals surface area (Å²) in [4.78, 5) is 22.1. The van der Waals surface area contributed by atoms with E-state index >= 15 is 0 Å². The summed E-state index contributed by atoms with van der Waals surface area (Å²) in [7, 11) is 0. The van der Waals surface area contributed by atoms with Crippen LogP contribution in [0.1, 0.15) is 10.4 Å². The molecule has 1 rings (SSSR count). The quantitative estimate of drug-likeness (QED) is 0.865. The predicted molar refractivity (Wildman–Crippen MR) is 62.6 cm³/mol. The van der Waals surface area contributed by atoms with Gasteiger partial charge >= 0.3 is 6.09 Å². The highest BCUT2D eigenvalue weighted by Gasteiger charge is 2.14. The van der Waals surface area contributed by atoms with Gasteiger partial charge in [0.2, 0.25) is 0 Å².